The Morgan fingerprint density at radius 1 is 1.43 bits per heavy atom. The Bertz CT molecular complexity index is 504. The summed E-state index contributed by atoms with van der Waals surface area (Å²) in [6, 6.07) is 1.61. The lowest BCUT2D eigenvalue weighted by atomic mass is 10.2. The summed E-state index contributed by atoms with van der Waals surface area (Å²) < 4.78 is 38.4. The maximum atomic E-state index is 12.8. The van der Waals surface area contributed by atoms with Gasteiger partial charge in [0.1, 0.15) is 11.6 Å². The van der Waals surface area contributed by atoms with Crippen LogP contribution in [-0.2, 0) is 11.0 Å². The second-order valence-electron chi connectivity index (χ2n) is 4.82. The van der Waals surface area contributed by atoms with Crippen LogP contribution in [0.25, 0.3) is 0 Å². The summed E-state index contributed by atoms with van der Waals surface area (Å²) in [6.07, 6.45) is -4.52. The molecule has 9 heteroatoms. The van der Waals surface area contributed by atoms with Crippen LogP contribution in [0.4, 0.5) is 24.8 Å². The Balaban J connectivity index is 2.98. The van der Waals surface area contributed by atoms with Crippen LogP contribution in [0.5, 0.6) is 0 Å². The van der Waals surface area contributed by atoms with Crippen LogP contribution in [0, 0.1) is 0 Å². The minimum atomic E-state index is -4.52. The molecule has 0 saturated heterocycles. The lowest BCUT2D eigenvalue weighted by molar-refractivity contribution is -0.137. The van der Waals surface area contributed by atoms with E-state index in [1.165, 1.54) is 11.9 Å². The Morgan fingerprint density at radius 3 is 2.52 bits per heavy atom. The number of likely N-dealkylation sites (N-methyl/N-ethyl adjacent to an activating group) is 1. The molecule has 1 heterocycles. The lowest BCUT2D eigenvalue weighted by Gasteiger charge is -2.20. The molecule has 0 spiro atoms. The highest BCUT2D eigenvalue weighted by molar-refractivity contribution is 5.81. The quantitative estimate of drug-likeness (QED) is 0.565. The van der Waals surface area contributed by atoms with E-state index in [2.05, 4.69) is 15.7 Å². The van der Waals surface area contributed by atoms with Crippen LogP contribution in [0.15, 0.2) is 12.1 Å². The largest absolute Gasteiger partial charge is 0.416 e. The van der Waals surface area contributed by atoms with Gasteiger partial charge in [-0.2, -0.15) is 13.2 Å². The number of carbonyl (C=O) groups excluding carboxylic acids is 1. The molecule has 6 nitrogen and oxygen atoms in total. The van der Waals surface area contributed by atoms with Gasteiger partial charge in [-0.05, 0) is 26.0 Å². The van der Waals surface area contributed by atoms with Crippen LogP contribution in [0.3, 0.4) is 0 Å². The Morgan fingerprint density at radius 2 is 2.05 bits per heavy atom. The lowest BCUT2D eigenvalue weighted by Crippen LogP contribution is -2.39. The molecule has 0 aliphatic heterocycles. The van der Waals surface area contributed by atoms with Crippen molar-refractivity contribution in [3.05, 3.63) is 17.7 Å². The number of rotatable bonds is 5. The summed E-state index contributed by atoms with van der Waals surface area (Å²) in [5.74, 6) is 4.68. The Labute approximate surface area is 120 Å². The molecule has 1 aromatic heterocycles. The second kappa shape index (κ2) is 6.61. The molecular formula is C12H18F3N5O. The smallest absolute Gasteiger partial charge is 0.352 e. The van der Waals surface area contributed by atoms with Gasteiger partial charge in [-0.15, -0.1) is 0 Å². The molecule has 0 radical (unpaired) electrons. The molecule has 0 saturated carbocycles. The maximum Gasteiger partial charge on any atom is 0.416 e. The fourth-order valence-corrected chi connectivity index (χ4v) is 1.61. The van der Waals surface area contributed by atoms with Gasteiger partial charge in [0.15, 0.2) is 0 Å². The zero-order valence-corrected chi connectivity index (χ0v) is 12.0. The van der Waals surface area contributed by atoms with Gasteiger partial charge in [0, 0.05) is 13.1 Å². The van der Waals surface area contributed by atoms with E-state index in [0.29, 0.717) is 0 Å². The van der Waals surface area contributed by atoms with E-state index in [0.717, 1.165) is 12.1 Å². The first-order valence-corrected chi connectivity index (χ1v) is 6.20. The van der Waals surface area contributed by atoms with Crippen molar-refractivity contribution in [2.45, 2.75) is 26.1 Å². The molecule has 4 N–H and O–H groups in total. The highest BCUT2D eigenvalue weighted by atomic mass is 19.4. The molecule has 0 atom stereocenters. The molecule has 0 aliphatic carbocycles. The van der Waals surface area contributed by atoms with Gasteiger partial charge in [-0.25, -0.2) is 10.8 Å². The van der Waals surface area contributed by atoms with Gasteiger partial charge in [0.05, 0.1) is 12.1 Å². The molecule has 0 fully saturated rings. The highest BCUT2D eigenvalue weighted by Gasteiger charge is 2.32. The molecule has 118 valence electrons. The third-order valence-electron chi connectivity index (χ3n) is 2.51. The predicted molar refractivity (Wildman–Crippen MR) is 73.6 cm³/mol. The number of amides is 1. The molecule has 0 aliphatic rings. The number of pyridine rings is 1. The van der Waals surface area contributed by atoms with Gasteiger partial charge >= 0.3 is 6.18 Å². The first-order chi connectivity index (χ1) is 9.63. The first-order valence-electron chi connectivity index (χ1n) is 6.20. The van der Waals surface area contributed by atoms with Crippen LogP contribution < -0.4 is 21.5 Å². The number of anilines is 2. The number of aromatic nitrogens is 1. The summed E-state index contributed by atoms with van der Waals surface area (Å²) >= 11 is 0. The topological polar surface area (TPSA) is 83.3 Å². The van der Waals surface area contributed by atoms with Crippen LogP contribution in [-0.4, -0.2) is 30.5 Å². The van der Waals surface area contributed by atoms with Gasteiger partial charge in [-0.1, -0.05) is 0 Å². The number of hydrazine groups is 1. The third-order valence-corrected chi connectivity index (χ3v) is 2.51. The fourth-order valence-electron chi connectivity index (χ4n) is 1.61. The third kappa shape index (κ3) is 5.10. The minimum Gasteiger partial charge on any atom is -0.352 e. The van der Waals surface area contributed by atoms with Gasteiger partial charge in [0.25, 0.3) is 0 Å². The number of hydrogen-bond acceptors (Lipinski definition) is 5. The van der Waals surface area contributed by atoms with Crippen molar-refractivity contribution in [2.75, 3.05) is 23.9 Å². The summed E-state index contributed by atoms with van der Waals surface area (Å²) in [5, 5.41) is 2.65. The second-order valence-corrected chi connectivity index (χ2v) is 4.82. The van der Waals surface area contributed by atoms with E-state index in [1.807, 2.05) is 0 Å². The molecule has 1 aromatic rings. The van der Waals surface area contributed by atoms with Crippen molar-refractivity contribution < 1.29 is 18.0 Å². The van der Waals surface area contributed by atoms with Crippen molar-refractivity contribution in [1.29, 1.82) is 0 Å². The fraction of sp³-hybridized carbons (Fsp3) is 0.500. The zero-order valence-electron chi connectivity index (χ0n) is 12.0. The van der Waals surface area contributed by atoms with Crippen LogP contribution >= 0.6 is 0 Å². The number of nitrogens with one attached hydrogen (secondary N) is 2. The highest BCUT2D eigenvalue weighted by Crippen LogP contribution is 2.32. The summed E-state index contributed by atoms with van der Waals surface area (Å²) in [5.41, 5.74) is 1.19. The molecule has 0 bridgehead atoms. The minimum absolute atomic E-state index is 0.00307. The van der Waals surface area contributed by atoms with E-state index in [1.54, 1.807) is 13.8 Å². The van der Waals surface area contributed by atoms with Gasteiger partial charge in [0.2, 0.25) is 5.91 Å². The number of nitrogen functional groups attached to an aromatic ring is 1. The number of nitrogens with zero attached hydrogens (tertiary/aromatic N) is 2. The van der Waals surface area contributed by atoms with Crippen LogP contribution in [0.1, 0.15) is 19.4 Å². The average Bonchev–Trinajstić information content (AvgIpc) is 2.35. The Kier molecular flexibility index (Phi) is 5.36. The number of halogens is 3. The molecule has 0 aromatic carbocycles. The van der Waals surface area contributed by atoms with Gasteiger partial charge in [-0.3, -0.25) is 4.79 Å². The molecule has 1 amide bonds. The van der Waals surface area contributed by atoms with E-state index in [-0.39, 0.29) is 30.1 Å². The summed E-state index contributed by atoms with van der Waals surface area (Å²) in [4.78, 5) is 16.9. The molecule has 21 heavy (non-hydrogen) atoms. The summed E-state index contributed by atoms with van der Waals surface area (Å²) in [7, 11) is 1.47. The SMILES string of the molecule is CC(C)NC(=O)CN(C)c1cc(C(F)(F)F)cc(NN)n1. The maximum absolute atomic E-state index is 12.8. The van der Waals surface area contributed by atoms with E-state index < -0.39 is 11.7 Å². The van der Waals surface area contributed by atoms with E-state index in [9.17, 15) is 18.0 Å². The van der Waals surface area contributed by atoms with Gasteiger partial charge < -0.3 is 15.6 Å². The van der Waals surface area contributed by atoms with E-state index >= 15 is 0 Å². The van der Waals surface area contributed by atoms with Crippen LogP contribution in [0.2, 0.25) is 0 Å². The van der Waals surface area contributed by atoms with Crippen molar-refractivity contribution in [1.82, 2.24) is 10.3 Å². The van der Waals surface area contributed by atoms with Crippen molar-refractivity contribution >= 4 is 17.5 Å². The van der Waals surface area contributed by atoms with E-state index in [4.69, 9.17) is 5.84 Å². The average molecular weight is 305 g/mol. The molecule has 0 unspecified atom stereocenters. The number of nitrogens with two attached hydrogens (primary N) is 1. The number of hydrogen-bond donors (Lipinski definition) is 3. The number of alkyl halides is 3. The molecular weight excluding hydrogens is 287 g/mol. The van der Waals surface area contributed by atoms with Crippen molar-refractivity contribution in [3.8, 4) is 0 Å². The Hall–Kier alpha value is -2.03. The zero-order chi connectivity index (χ0) is 16.2. The summed E-state index contributed by atoms with van der Waals surface area (Å²) in [6.45, 7) is 3.46. The normalized spacial score (nSPS) is 11.4. The monoisotopic (exact) mass is 305 g/mol. The van der Waals surface area contributed by atoms with Crippen molar-refractivity contribution in [2.24, 2.45) is 5.84 Å². The first kappa shape index (κ1) is 17.0. The standard InChI is InChI=1S/C12H18F3N5O/c1-7(2)17-11(21)6-20(3)10-5-8(12(13,14)15)4-9(18-10)19-16/h4-5,7H,6,16H2,1-3H3,(H,17,21)(H,18,19). The molecule has 1 rings (SSSR count). The predicted octanol–water partition coefficient (Wildman–Crippen LogP) is 1.35. The number of carbonyl (C=O) groups is 1. The van der Waals surface area contributed by atoms with Crippen molar-refractivity contribution in [3.63, 3.8) is 0 Å².